The van der Waals surface area contributed by atoms with E-state index < -0.39 is 16.9 Å². The van der Waals surface area contributed by atoms with Gasteiger partial charge in [0, 0.05) is 12.2 Å². The zero-order chi connectivity index (χ0) is 17.7. The van der Waals surface area contributed by atoms with Gasteiger partial charge in [0.25, 0.3) is 0 Å². The molecule has 2 aromatic rings. The number of hydrogen-bond donors (Lipinski definition) is 1. The number of anilines is 1. The number of hydrogen-bond acceptors (Lipinski definition) is 4. The minimum atomic E-state index is -1.51. The van der Waals surface area contributed by atoms with Crippen LogP contribution < -0.4 is 5.32 Å². The van der Waals surface area contributed by atoms with Crippen molar-refractivity contribution >= 4 is 11.6 Å². The second-order valence-corrected chi connectivity index (χ2v) is 6.66. The zero-order valence-corrected chi connectivity index (χ0v) is 13.7. The fourth-order valence-corrected chi connectivity index (χ4v) is 4.50. The summed E-state index contributed by atoms with van der Waals surface area (Å²) in [6.07, 6.45) is 0. The Labute approximate surface area is 146 Å². The molecule has 0 bridgehead atoms. The molecule has 5 heteroatoms. The van der Waals surface area contributed by atoms with Crippen LogP contribution in [0, 0.1) is 28.1 Å². The van der Waals surface area contributed by atoms with E-state index in [-0.39, 0.29) is 5.91 Å². The molecule has 1 spiro atoms. The van der Waals surface area contributed by atoms with Crippen molar-refractivity contribution in [2.45, 2.75) is 11.5 Å². The molecule has 5 nitrogen and oxygen atoms in total. The second kappa shape index (κ2) is 5.17. The van der Waals surface area contributed by atoms with Gasteiger partial charge in [0.1, 0.15) is 5.41 Å². The van der Waals surface area contributed by atoms with E-state index in [1.165, 1.54) is 0 Å². The van der Waals surface area contributed by atoms with Crippen LogP contribution in [0.5, 0.6) is 0 Å². The molecule has 2 aliphatic heterocycles. The average Bonchev–Trinajstić information content (AvgIpc) is 3.08. The van der Waals surface area contributed by atoms with Crippen LogP contribution in [0.2, 0.25) is 0 Å². The number of fused-ring (bicyclic) bond motifs is 2. The maximum atomic E-state index is 13.1. The number of amides is 1. The summed E-state index contributed by atoms with van der Waals surface area (Å²) in [4.78, 5) is 15.0. The molecule has 25 heavy (non-hydrogen) atoms. The molecule has 122 valence electrons. The lowest BCUT2D eigenvalue weighted by atomic mass is 9.60. The van der Waals surface area contributed by atoms with Gasteiger partial charge in [0.2, 0.25) is 5.91 Å². The fourth-order valence-electron chi connectivity index (χ4n) is 4.50. The highest BCUT2D eigenvalue weighted by Gasteiger charge is 2.71. The maximum Gasteiger partial charge on any atom is 0.239 e. The Balaban J connectivity index is 2.02. The summed E-state index contributed by atoms with van der Waals surface area (Å²) >= 11 is 0. The predicted octanol–water partition coefficient (Wildman–Crippen LogP) is 2.60. The molecule has 4 rings (SSSR count). The van der Waals surface area contributed by atoms with Gasteiger partial charge >= 0.3 is 0 Å². The molecule has 1 saturated heterocycles. The molecule has 0 aliphatic carbocycles. The van der Waals surface area contributed by atoms with Crippen LogP contribution in [0.1, 0.15) is 17.2 Å². The molecule has 2 aliphatic rings. The molecule has 0 unspecified atom stereocenters. The molecule has 0 saturated carbocycles. The third kappa shape index (κ3) is 1.71. The van der Waals surface area contributed by atoms with Gasteiger partial charge in [-0.3, -0.25) is 9.69 Å². The first-order chi connectivity index (χ1) is 12.1. The Morgan fingerprint density at radius 1 is 1.08 bits per heavy atom. The van der Waals surface area contributed by atoms with Gasteiger partial charge in [0.15, 0.2) is 5.41 Å². The predicted molar refractivity (Wildman–Crippen MR) is 92.2 cm³/mol. The van der Waals surface area contributed by atoms with Crippen molar-refractivity contribution in [1.82, 2.24) is 4.90 Å². The van der Waals surface area contributed by atoms with Crippen LogP contribution in [0.25, 0.3) is 0 Å². The monoisotopic (exact) mass is 328 g/mol. The van der Waals surface area contributed by atoms with Gasteiger partial charge in [-0.1, -0.05) is 48.5 Å². The Hall–Kier alpha value is -3.15. The molecule has 2 atom stereocenters. The third-order valence-electron chi connectivity index (χ3n) is 5.50. The highest BCUT2D eigenvalue weighted by Crippen LogP contribution is 2.60. The number of carbonyl (C=O) groups is 1. The van der Waals surface area contributed by atoms with E-state index in [9.17, 15) is 15.3 Å². The molecule has 1 N–H and O–H groups in total. The van der Waals surface area contributed by atoms with Gasteiger partial charge in [-0.25, -0.2) is 0 Å². The molecular formula is C20H16N4O. The molecule has 0 radical (unpaired) electrons. The lowest BCUT2D eigenvalue weighted by Crippen LogP contribution is -2.49. The van der Waals surface area contributed by atoms with E-state index in [2.05, 4.69) is 17.5 Å². The summed E-state index contributed by atoms with van der Waals surface area (Å²) in [7, 11) is 1.87. The minimum absolute atomic E-state index is 0.276. The van der Waals surface area contributed by atoms with Crippen LogP contribution in [-0.2, 0) is 10.2 Å². The van der Waals surface area contributed by atoms with Gasteiger partial charge in [-0.05, 0) is 24.2 Å². The number of nitrogens with one attached hydrogen (secondary N) is 1. The van der Waals surface area contributed by atoms with Crippen LogP contribution >= 0.6 is 0 Å². The van der Waals surface area contributed by atoms with Crippen molar-refractivity contribution < 1.29 is 4.79 Å². The number of rotatable bonds is 1. The summed E-state index contributed by atoms with van der Waals surface area (Å²) in [6, 6.07) is 20.8. The number of nitriles is 2. The molecule has 1 amide bonds. The van der Waals surface area contributed by atoms with Crippen molar-refractivity contribution in [2.24, 2.45) is 5.41 Å². The number of nitrogens with zero attached hydrogens (tertiary/aromatic N) is 3. The van der Waals surface area contributed by atoms with E-state index in [1.54, 1.807) is 0 Å². The number of para-hydroxylation sites is 1. The normalized spacial score (nSPS) is 26.7. The second-order valence-electron chi connectivity index (χ2n) is 6.66. The summed E-state index contributed by atoms with van der Waals surface area (Å²) in [5.74, 6) is -0.276. The van der Waals surface area contributed by atoms with Crippen molar-refractivity contribution in [3.05, 3.63) is 65.7 Å². The number of likely N-dealkylation sites (N-methyl/N-ethyl adjacent to an activating group) is 1. The third-order valence-corrected chi connectivity index (χ3v) is 5.50. The standard InChI is InChI=1S/C20H16N4O/c1-24-13-20(15-9-5-6-10-16(15)23-18(20)25)19(11-21,12-22)17(24)14-7-3-2-4-8-14/h2-10,17H,13H2,1H3,(H,23,25)/t17-,20+/m1/s1. The summed E-state index contributed by atoms with van der Waals surface area (Å²) in [6.45, 7) is 0.316. The molecule has 2 heterocycles. The van der Waals surface area contributed by atoms with Crippen LogP contribution in [0.3, 0.4) is 0 Å². The highest BCUT2D eigenvalue weighted by atomic mass is 16.2. The van der Waals surface area contributed by atoms with Crippen molar-refractivity contribution in [3.63, 3.8) is 0 Å². The Kier molecular flexibility index (Phi) is 3.18. The zero-order valence-electron chi connectivity index (χ0n) is 13.7. The number of carbonyl (C=O) groups excluding carboxylic acids is 1. The van der Waals surface area contributed by atoms with Crippen molar-refractivity contribution in [2.75, 3.05) is 18.9 Å². The van der Waals surface area contributed by atoms with Gasteiger partial charge < -0.3 is 5.32 Å². The highest BCUT2D eigenvalue weighted by molar-refractivity contribution is 6.08. The first-order valence-electron chi connectivity index (χ1n) is 8.09. The van der Waals surface area contributed by atoms with E-state index in [0.29, 0.717) is 12.2 Å². The van der Waals surface area contributed by atoms with Gasteiger partial charge in [-0.2, -0.15) is 10.5 Å². The summed E-state index contributed by atoms with van der Waals surface area (Å²) in [5.41, 5.74) is -0.442. The Morgan fingerprint density at radius 2 is 1.72 bits per heavy atom. The molecule has 1 fully saturated rings. The van der Waals surface area contributed by atoms with E-state index >= 15 is 0 Å². The lowest BCUT2D eigenvalue weighted by molar-refractivity contribution is -0.122. The van der Waals surface area contributed by atoms with Crippen LogP contribution in [0.15, 0.2) is 54.6 Å². The number of benzene rings is 2. The fraction of sp³-hybridized carbons (Fsp3) is 0.250. The SMILES string of the molecule is CN1C[C@]2(C(=O)Nc3ccccc32)C(C#N)(C#N)[C@H]1c1ccccc1. The topological polar surface area (TPSA) is 79.9 Å². The quantitative estimate of drug-likeness (QED) is 0.872. The van der Waals surface area contributed by atoms with Gasteiger partial charge in [0.05, 0.1) is 18.2 Å². The molecular weight excluding hydrogens is 312 g/mol. The van der Waals surface area contributed by atoms with Crippen LogP contribution in [-0.4, -0.2) is 24.4 Å². The van der Waals surface area contributed by atoms with Gasteiger partial charge in [-0.15, -0.1) is 0 Å². The molecule has 2 aromatic carbocycles. The van der Waals surface area contributed by atoms with E-state index in [4.69, 9.17) is 0 Å². The van der Waals surface area contributed by atoms with Crippen LogP contribution in [0.4, 0.5) is 5.69 Å². The van der Waals surface area contributed by atoms with Crippen molar-refractivity contribution in [3.8, 4) is 12.1 Å². The minimum Gasteiger partial charge on any atom is -0.325 e. The Morgan fingerprint density at radius 3 is 2.40 bits per heavy atom. The van der Waals surface area contributed by atoms with E-state index in [1.807, 2.05) is 66.5 Å². The maximum absolute atomic E-state index is 13.1. The first-order valence-corrected chi connectivity index (χ1v) is 8.09. The van der Waals surface area contributed by atoms with E-state index in [0.717, 1.165) is 11.1 Å². The Bertz CT molecular complexity index is 926. The van der Waals surface area contributed by atoms with Crippen molar-refractivity contribution in [1.29, 1.82) is 10.5 Å². The average molecular weight is 328 g/mol. The smallest absolute Gasteiger partial charge is 0.239 e. The first kappa shape index (κ1) is 15.4. The summed E-state index contributed by atoms with van der Waals surface area (Å²) in [5, 5.41) is 23.2. The largest absolute Gasteiger partial charge is 0.325 e. The lowest BCUT2D eigenvalue weighted by Gasteiger charge is -2.33. The number of likely N-dealkylation sites (tertiary alicyclic amines) is 1. The molecule has 0 aromatic heterocycles. The summed E-state index contributed by atoms with van der Waals surface area (Å²) < 4.78 is 0.